The van der Waals surface area contributed by atoms with Crippen molar-refractivity contribution in [2.45, 2.75) is 26.7 Å². The Kier molecular flexibility index (Phi) is 4.20. The lowest BCUT2D eigenvalue weighted by molar-refractivity contribution is -0.139. The molecule has 2 saturated heterocycles. The zero-order valence-corrected chi connectivity index (χ0v) is 12.6. The number of rotatable bonds is 2. The van der Waals surface area contributed by atoms with Gasteiger partial charge in [0.2, 0.25) is 5.91 Å². The predicted molar refractivity (Wildman–Crippen MR) is 74.6 cm³/mol. The second kappa shape index (κ2) is 5.40. The van der Waals surface area contributed by atoms with E-state index < -0.39 is 15.3 Å². The topological polar surface area (TPSA) is 66.5 Å². The summed E-state index contributed by atoms with van der Waals surface area (Å²) in [5, 5.41) is 3.27. The van der Waals surface area contributed by atoms with Gasteiger partial charge in [-0.3, -0.25) is 4.79 Å². The Hall–Kier alpha value is -0.620. The van der Waals surface area contributed by atoms with E-state index in [-0.39, 0.29) is 17.6 Å². The first-order valence-corrected chi connectivity index (χ1v) is 8.83. The highest BCUT2D eigenvalue weighted by molar-refractivity contribution is 7.91. The molecule has 0 aromatic heterocycles. The van der Waals surface area contributed by atoms with Crippen LogP contribution in [0.15, 0.2) is 0 Å². The van der Waals surface area contributed by atoms with Crippen LogP contribution in [0.1, 0.15) is 26.7 Å². The van der Waals surface area contributed by atoms with Crippen LogP contribution in [0.5, 0.6) is 0 Å². The monoisotopic (exact) mass is 288 g/mol. The fourth-order valence-corrected chi connectivity index (χ4v) is 4.73. The van der Waals surface area contributed by atoms with E-state index in [0.29, 0.717) is 25.4 Å². The van der Waals surface area contributed by atoms with Gasteiger partial charge in [0.15, 0.2) is 9.84 Å². The first-order chi connectivity index (χ1) is 8.80. The van der Waals surface area contributed by atoms with E-state index in [1.165, 1.54) is 0 Å². The van der Waals surface area contributed by atoms with Crippen LogP contribution >= 0.6 is 0 Å². The van der Waals surface area contributed by atoms with Gasteiger partial charge in [0, 0.05) is 26.2 Å². The fourth-order valence-electron chi connectivity index (χ4n) is 2.97. The van der Waals surface area contributed by atoms with Gasteiger partial charge in [0.05, 0.1) is 16.9 Å². The fraction of sp³-hybridized carbons (Fsp3) is 0.923. The molecule has 1 atom stereocenters. The van der Waals surface area contributed by atoms with Crippen LogP contribution in [-0.4, -0.2) is 56.9 Å². The molecule has 2 aliphatic heterocycles. The molecule has 0 aromatic carbocycles. The normalized spacial score (nSPS) is 30.9. The molecule has 19 heavy (non-hydrogen) atoms. The van der Waals surface area contributed by atoms with E-state index in [9.17, 15) is 13.2 Å². The van der Waals surface area contributed by atoms with Gasteiger partial charge >= 0.3 is 0 Å². The maximum atomic E-state index is 12.4. The van der Waals surface area contributed by atoms with Crippen molar-refractivity contribution < 1.29 is 13.2 Å². The molecule has 0 saturated carbocycles. The van der Waals surface area contributed by atoms with E-state index in [4.69, 9.17) is 0 Å². The van der Waals surface area contributed by atoms with Crippen LogP contribution in [0.3, 0.4) is 0 Å². The first kappa shape index (κ1) is 14.8. The quantitative estimate of drug-likeness (QED) is 0.792. The molecule has 5 nitrogen and oxygen atoms in total. The zero-order valence-electron chi connectivity index (χ0n) is 11.8. The molecule has 0 aromatic rings. The molecule has 0 bridgehead atoms. The van der Waals surface area contributed by atoms with Crippen molar-refractivity contribution in [1.29, 1.82) is 0 Å². The molecule has 0 spiro atoms. The molecule has 2 rings (SSSR count). The maximum absolute atomic E-state index is 12.4. The number of carbonyl (C=O) groups excluding carboxylic acids is 1. The minimum absolute atomic E-state index is 0.108. The molecule has 2 aliphatic rings. The van der Waals surface area contributed by atoms with E-state index >= 15 is 0 Å². The summed E-state index contributed by atoms with van der Waals surface area (Å²) in [6, 6.07) is 0. The highest BCUT2D eigenvalue weighted by atomic mass is 32.2. The number of nitrogens with zero attached hydrogens (tertiary/aromatic N) is 1. The number of hydrogen-bond acceptors (Lipinski definition) is 4. The molecule has 1 N–H and O–H groups in total. The average molecular weight is 288 g/mol. The summed E-state index contributed by atoms with van der Waals surface area (Å²) in [5.74, 6) is 0.798. The van der Waals surface area contributed by atoms with Crippen molar-refractivity contribution in [2.75, 3.05) is 37.7 Å². The van der Waals surface area contributed by atoms with Gasteiger partial charge in [-0.1, -0.05) is 0 Å². The van der Waals surface area contributed by atoms with Gasteiger partial charge in [-0.05, 0) is 32.6 Å². The van der Waals surface area contributed by atoms with Crippen LogP contribution in [0.4, 0.5) is 0 Å². The molecular formula is C13H24N2O3S. The molecule has 1 unspecified atom stereocenters. The predicted octanol–water partition coefficient (Wildman–Crippen LogP) is 0.269. The molecule has 1 amide bonds. The molecule has 2 fully saturated rings. The number of sulfone groups is 1. The number of carbonyl (C=O) groups is 1. The van der Waals surface area contributed by atoms with Crippen LogP contribution < -0.4 is 5.32 Å². The third-order valence-electron chi connectivity index (χ3n) is 4.03. The first-order valence-electron chi connectivity index (χ1n) is 7.01. The average Bonchev–Trinajstić information content (AvgIpc) is 2.41. The highest BCUT2D eigenvalue weighted by Gasteiger charge is 2.35. The smallest absolute Gasteiger partial charge is 0.229 e. The number of amides is 1. The second-order valence-corrected chi connectivity index (χ2v) is 8.66. The second-order valence-electron chi connectivity index (χ2n) is 6.43. The molecule has 110 valence electrons. The van der Waals surface area contributed by atoms with Gasteiger partial charge in [-0.25, -0.2) is 8.42 Å². The van der Waals surface area contributed by atoms with E-state index in [0.717, 1.165) is 19.4 Å². The van der Waals surface area contributed by atoms with Crippen LogP contribution in [0, 0.1) is 11.3 Å². The summed E-state index contributed by atoms with van der Waals surface area (Å²) < 4.78 is 23.3. The van der Waals surface area contributed by atoms with Crippen molar-refractivity contribution >= 4 is 15.7 Å². The Balaban J connectivity index is 2.03. The van der Waals surface area contributed by atoms with Crippen LogP contribution in [0.2, 0.25) is 0 Å². The largest absolute Gasteiger partial charge is 0.341 e. The van der Waals surface area contributed by atoms with Crippen molar-refractivity contribution in [1.82, 2.24) is 10.2 Å². The van der Waals surface area contributed by atoms with Gasteiger partial charge < -0.3 is 10.2 Å². The van der Waals surface area contributed by atoms with Crippen LogP contribution in [0.25, 0.3) is 0 Å². The van der Waals surface area contributed by atoms with E-state index in [1.54, 1.807) is 0 Å². The summed E-state index contributed by atoms with van der Waals surface area (Å²) in [4.78, 5) is 14.3. The molecule has 0 aliphatic carbocycles. The summed E-state index contributed by atoms with van der Waals surface area (Å²) >= 11 is 0. The lowest BCUT2D eigenvalue weighted by Gasteiger charge is -2.32. The van der Waals surface area contributed by atoms with E-state index in [1.807, 2.05) is 18.7 Å². The Morgan fingerprint density at radius 1 is 1.42 bits per heavy atom. The number of hydrogen-bond donors (Lipinski definition) is 1. The summed E-state index contributed by atoms with van der Waals surface area (Å²) in [7, 11) is -2.89. The van der Waals surface area contributed by atoms with Gasteiger partial charge in [0.25, 0.3) is 0 Å². The summed E-state index contributed by atoms with van der Waals surface area (Å²) in [5.41, 5.74) is -0.399. The number of nitrogens with one attached hydrogen (secondary N) is 1. The van der Waals surface area contributed by atoms with Crippen LogP contribution in [-0.2, 0) is 14.6 Å². The SMILES string of the molecule is CC1(C)CNCCN(CC2CCCS(=O)(=O)C2)C1=O. The maximum Gasteiger partial charge on any atom is 0.229 e. The Morgan fingerprint density at radius 2 is 2.16 bits per heavy atom. The van der Waals surface area contributed by atoms with Crippen molar-refractivity contribution in [3.63, 3.8) is 0 Å². The lowest BCUT2D eigenvalue weighted by Crippen LogP contribution is -2.45. The molecule has 6 heteroatoms. The van der Waals surface area contributed by atoms with Gasteiger partial charge in [-0.2, -0.15) is 0 Å². The van der Waals surface area contributed by atoms with Crippen molar-refractivity contribution in [2.24, 2.45) is 11.3 Å². The Bertz CT molecular complexity index is 445. The molecular weight excluding hydrogens is 264 g/mol. The third-order valence-corrected chi connectivity index (χ3v) is 5.92. The van der Waals surface area contributed by atoms with Gasteiger partial charge in [0.1, 0.15) is 0 Å². The van der Waals surface area contributed by atoms with Crippen molar-refractivity contribution in [3.8, 4) is 0 Å². The summed E-state index contributed by atoms with van der Waals surface area (Å²) in [6.45, 7) is 6.62. The van der Waals surface area contributed by atoms with Crippen molar-refractivity contribution in [3.05, 3.63) is 0 Å². The Morgan fingerprint density at radius 3 is 2.84 bits per heavy atom. The van der Waals surface area contributed by atoms with Gasteiger partial charge in [-0.15, -0.1) is 0 Å². The Labute approximate surface area is 115 Å². The molecule has 2 heterocycles. The minimum atomic E-state index is -2.89. The summed E-state index contributed by atoms with van der Waals surface area (Å²) in [6.07, 6.45) is 1.65. The molecule has 0 radical (unpaired) electrons. The minimum Gasteiger partial charge on any atom is -0.341 e. The third kappa shape index (κ3) is 3.69. The lowest BCUT2D eigenvalue weighted by atomic mass is 9.91. The van der Waals surface area contributed by atoms with E-state index in [2.05, 4.69) is 5.32 Å². The zero-order chi connectivity index (χ0) is 14.1. The highest BCUT2D eigenvalue weighted by Crippen LogP contribution is 2.24. The standard InChI is InChI=1S/C13H24N2O3S/c1-13(2)10-14-5-6-15(12(13)16)8-11-4-3-7-19(17,18)9-11/h11,14H,3-10H2,1-2H3.